The SMILES string of the molecule is CCOC(=O)C(N=Cn1cc(Br)c(=O)n(CCNC(=O)OC(C)(C)C)c1=O)C(=O)O. The highest BCUT2D eigenvalue weighted by Gasteiger charge is 2.26. The molecule has 1 aromatic heterocycles. The van der Waals surface area contributed by atoms with Crippen LogP contribution in [0.25, 0.3) is 0 Å². The van der Waals surface area contributed by atoms with E-state index in [1.165, 1.54) is 6.92 Å². The summed E-state index contributed by atoms with van der Waals surface area (Å²) in [5, 5.41) is 11.5. The van der Waals surface area contributed by atoms with Crippen LogP contribution in [0.2, 0.25) is 0 Å². The van der Waals surface area contributed by atoms with E-state index in [1.807, 2.05) is 0 Å². The number of esters is 1. The number of carbonyl (C=O) groups is 3. The molecule has 1 amide bonds. The van der Waals surface area contributed by atoms with Gasteiger partial charge in [0.1, 0.15) is 5.60 Å². The van der Waals surface area contributed by atoms with Gasteiger partial charge in [0, 0.05) is 19.3 Å². The van der Waals surface area contributed by atoms with Gasteiger partial charge >= 0.3 is 23.7 Å². The summed E-state index contributed by atoms with van der Waals surface area (Å²) in [7, 11) is 0. The fraction of sp³-hybridized carbons (Fsp3) is 0.529. The van der Waals surface area contributed by atoms with Crippen LogP contribution in [-0.2, 0) is 25.6 Å². The Kier molecular flexibility index (Phi) is 8.95. The van der Waals surface area contributed by atoms with Gasteiger partial charge in [0.2, 0.25) is 6.04 Å². The zero-order valence-corrected chi connectivity index (χ0v) is 18.5. The molecule has 13 heteroatoms. The Morgan fingerprint density at radius 1 is 1.33 bits per heavy atom. The molecule has 1 aromatic rings. The van der Waals surface area contributed by atoms with E-state index < -0.39 is 40.9 Å². The number of hydrogen-bond donors (Lipinski definition) is 2. The van der Waals surface area contributed by atoms with E-state index in [1.54, 1.807) is 20.8 Å². The molecule has 0 radical (unpaired) electrons. The van der Waals surface area contributed by atoms with Gasteiger partial charge in [-0.15, -0.1) is 0 Å². The number of carboxylic acid groups (broad SMARTS) is 1. The second kappa shape index (κ2) is 10.7. The number of nitrogens with one attached hydrogen (secondary N) is 1. The first-order chi connectivity index (χ1) is 13.9. The van der Waals surface area contributed by atoms with Gasteiger partial charge < -0.3 is 19.9 Å². The van der Waals surface area contributed by atoms with Crippen molar-refractivity contribution in [3.63, 3.8) is 0 Å². The van der Waals surface area contributed by atoms with Gasteiger partial charge in [0.25, 0.3) is 5.56 Å². The van der Waals surface area contributed by atoms with Crippen molar-refractivity contribution in [2.24, 2.45) is 4.99 Å². The summed E-state index contributed by atoms with van der Waals surface area (Å²) in [5.41, 5.74) is -2.24. The number of carbonyl (C=O) groups excluding carboxylic acids is 2. The van der Waals surface area contributed by atoms with E-state index in [2.05, 4.69) is 31.0 Å². The zero-order valence-electron chi connectivity index (χ0n) is 16.9. The Morgan fingerprint density at radius 3 is 2.50 bits per heavy atom. The maximum Gasteiger partial charge on any atom is 0.407 e. The van der Waals surface area contributed by atoms with E-state index in [4.69, 9.17) is 9.84 Å². The predicted molar refractivity (Wildman–Crippen MR) is 109 cm³/mol. The maximum atomic E-state index is 12.5. The molecule has 1 rings (SSSR count). The fourth-order valence-corrected chi connectivity index (χ4v) is 2.47. The number of nitrogens with zero attached hydrogens (tertiary/aromatic N) is 3. The third-order valence-corrected chi connectivity index (χ3v) is 3.79. The molecule has 0 saturated heterocycles. The lowest BCUT2D eigenvalue weighted by Crippen LogP contribution is -2.43. The molecule has 0 aliphatic rings. The molecular weight excluding hydrogens is 468 g/mol. The number of amides is 1. The quantitative estimate of drug-likeness (QED) is 0.226. The number of halogens is 1. The van der Waals surface area contributed by atoms with Crippen LogP contribution >= 0.6 is 15.9 Å². The van der Waals surface area contributed by atoms with Crippen molar-refractivity contribution in [3.8, 4) is 0 Å². The second-order valence-electron chi connectivity index (χ2n) is 6.81. The Balaban J connectivity index is 3.07. The minimum atomic E-state index is -1.87. The molecule has 1 heterocycles. The standard InChI is InChI=1S/C17H23BrN4O8/c1-5-29-14(26)11(13(24)25)20-9-21-8-10(18)12(23)22(16(21)28)7-6-19-15(27)30-17(2,3)4/h8-9,11H,5-7H2,1-4H3,(H,19,27)(H,24,25). The number of rotatable bonds is 8. The number of alkyl carbamates (subject to hydrolysis) is 1. The molecule has 166 valence electrons. The molecule has 2 N–H and O–H groups in total. The first-order valence-electron chi connectivity index (χ1n) is 8.78. The summed E-state index contributed by atoms with van der Waals surface area (Å²) in [5.74, 6) is -2.66. The van der Waals surface area contributed by atoms with Crippen molar-refractivity contribution < 1.29 is 29.0 Å². The van der Waals surface area contributed by atoms with Gasteiger partial charge in [-0.3, -0.25) is 13.9 Å². The summed E-state index contributed by atoms with van der Waals surface area (Å²) in [6.45, 7) is 6.24. The number of hydrogen-bond acceptors (Lipinski definition) is 8. The Morgan fingerprint density at radius 2 is 1.97 bits per heavy atom. The summed E-state index contributed by atoms with van der Waals surface area (Å²) >= 11 is 3.01. The number of aromatic nitrogens is 2. The van der Waals surface area contributed by atoms with Crippen LogP contribution in [0.15, 0.2) is 25.3 Å². The molecule has 0 fully saturated rings. The third kappa shape index (κ3) is 7.46. The van der Waals surface area contributed by atoms with Crippen molar-refractivity contribution in [2.75, 3.05) is 13.2 Å². The lowest BCUT2D eigenvalue weighted by Gasteiger charge is -2.19. The first kappa shape index (κ1) is 25.1. The third-order valence-electron chi connectivity index (χ3n) is 3.24. The summed E-state index contributed by atoms with van der Waals surface area (Å²) < 4.78 is 11.3. The number of carboxylic acids is 1. The lowest BCUT2D eigenvalue weighted by atomic mass is 10.2. The van der Waals surface area contributed by atoms with Gasteiger partial charge in [0.15, 0.2) is 0 Å². The molecule has 0 spiro atoms. The van der Waals surface area contributed by atoms with E-state index in [0.29, 0.717) is 0 Å². The molecule has 0 aliphatic heterocycles. The number of aliphatic carboxylic acids is 1. The Bertz CT molecular complexity index is 945. The normalized spacial score (nSPS) is 12.4. The molecule has 1 unspecified atom stereocenters. The van der Waals surface area contributed by atoms with Gasteiger partial charge in [-0.2, -0.15) is 0 Å². The minimum Gasteiger partial charge on any atom is -0.479 e. The monoisotopic (exact) mass is 490 g/mol. The topological polar surface area (TPSA) is 158 Å². The highest BCUT2D eigenvalue weighted by Crippen LogP contribution is 2.06. The molecule has 0 aliphatic carbocycles. The van der Waals surface area contributed by atoms with Crippen LogP contribution in [0.5, 0.6) is 0 Å². The maximum absolute atomic E-state index is 12.5. The van der Waals surface area contributed by atoms with Crippen molar-refractivity contribution in [2.45, 2.75) is 45.9 Å². The molecule has 30 heavy (non-hydrogen) atoms. The fourth-order valence-electron chi connectivity index (χ4n) is 2.04. The summed E-state index contributed by atoms with van der Waals surface area (Å²) in [4.78, 5) is 62.9. The van der Waals surface area contributed by atoms with Crippen molar-refractivity contribution in [1.29, 1.82) is 0 Å². The molecule has 0 saturated carbocycles. The van der Waals surface area contributed by atoms with Crippen LogP contribution in [0, 0.1) is 0 Å². The smallest absolute Gasteiger partial charge is 0.407 e. The van der Waals surface area contributed by atoms with Crippen LogP contribution in [-0.4, -0.2) is 63.4 Å². The lowest BCUT2D eigenvalue weighted by molar-refractivity contribution is -0.153. The van der Waals surface area contributed by atoms with E-state index in [-0.39, 0.29) is 24.2 Å². The molecule has 0 bridgehead atoms. The highest BCUT2D eigenvalue weighted by molar-refractivity contribution is 9.10. The van der Waals surface area contributed by atoms with Crippen LogP contribution in [0.3, 0.4) is 0 Å². The predicted octanol–water partition coefficient (Wildman–Crippen LogP) is 0.190. The van der Waals surface area contributed by atoms with E-state index in [0.717, 1.165) is 21.7 Å². The van der Waals surface area contributed by atoms with Crippen LogP contribution < -0.4 is 16.6 Å². The average Bonchev–Trinajstić information content (AvgIpc) is 2.60. The summed E-state index contributed by atoms with van der Waals surface area (Å²) in [6, 6.07) is -1.87. The van der Waals surface area contributed by atoms with Gasteiger partial charge in [-0.25, -0.2) is 24.2 Å². The van der Waals surface area contributed by atoms with Crippen LogP contribution in [0.1, 0.15) is 27.7 Å². The van der Waals surface area contributed by atoms with E-state index >= 15 is 0 Å². The largest absolute Gasteiger partial charge is 0.479 e. The molecule has 0 aromatic carbocycles. The van der Waals surface area contributed by atoms with Crippen LogP contribution in [0.4, 0.5) is 4.79 Å². The second-order valence-corrected chi connectivity index (χ2v) is 7.66. The number of aliphatic imine (C=N–C) groups is 1. The molecule has 12 nitrogen and oxygen atoms in total. The summed E-state index contributed by atoms with van der Waals surface area (Å²) in [6.07, 6.45) is 1.17. The van der Waals surface area contributed by atoms with Crippen molar-refractivity contribution in [1.82, 2.24) is 14.5 Å². The van der Waals surface area contributed by atoms with Crippen molar-refractivity contribution in [3.05, 3.63) is 31.5 Å². The Hall–Kier alpha value is -2.96. The van der Waals surface area contributed by atoms with Crippen molar-refractivity contribution >= 4 is 40.3 Å². The average molecular weight is 491 g/mol. The molecule has 1 atom stereocenters. The van der Waals surface area contributed by atoms with Gasteiger partial charge in [-0.05, 0) is 43.6 Å². The van der Waals surface area contributed by atoms with E-state index in [9.17, 15) is 24.0 Å². The van der Waals surface area contributed by atoms with Gasteiger partial charge in [0.05, 0.1) is 17.4 Å². The Labute approximate surface area is 179 Å². The zero-order chi connectivity index (χ0) is 23.1. The number of ether oxygens (including phenoxy) is 2. The minimum absolute atomic E-state index is 0.0196. The molecular formula is C17H23BrN4O8. The van der Waals surface area contributed by atoms with Gasteiger partial charge in [-0.1, -0.05) is 0 Å². The highest BCUT2D eigenvalue weighted by atomic mass is 79.9. The first-order valence-corrected chi connectivity index (χ1v) is 9.57.